The molecule has 0 aliphatic carbocycles. The first-order valence-electron chi connectivity index (χ1n) is 3.86. The first kappa shape index (κ1) is 10.4. The van der Waals surface area contributed by atoms with Gasteiger partial charge in [-0.15, -0.1) is 0 Å². The van der Waals surface area contributed by atoms with Gasteiger partial charge in [0.15, 0.2) is 6.29 Å². The minimum Gasteiger partial charge on any atom is -0.435 e. The molecule has 1 fully saturated rings. The molecule has 1 heterocycles. The van der Waals surface area contributed by atoms with Crippen LogP contribution in [0.1, 0.15) is 6.92 Å². The highest BCUT2D eigenvalue weighted by molar-refractivity contribution is 5.37. The van der Waals surface area contributed by atoms with Gasteiger partial charge in [0.05, 0.1) is 6.10 Å². The molecule has 0 aromatic heterocycles. The van der Waals surface area contributed by atoms with E-state index in [-0.39, 0.29) is 6.47 Å². The fourth-order valence-corrected chi connectivity index (χ4v) is 1.15. The smallest absolute Gasteiger partial charge is 0.295 e. The minimum atomic E-state index is -1.33. The van der Waals surface area contributed by atoms with E-state index in [1.54, 1.807) is 0 Å². The maximum absolute atomic E-state index is 9.94. The summed E-state index contributed by atoms with van der Waals surface area (Å²) in [6.07, 6.45) is -5.06. The topological polar surface area (TPSA) is 96.2 Å². The Balaban J connectivity index is 2.64. The van der Waals surface area contributed by atoms with Crippen LogP contribution >= 0.6 is 0 Å². The van der Waals surface area contributed by atoms with Crippen LogP contribution in [0.2, 0.25) is 0 Å². The van der Waals surface area contributed by atoms with Gasteiger partial charge in [0, 0.05) is 5.92 Å². The monoisotopic (exact) mass is 192 g/mol. The number of hydrogen-bond donors (Lipinski definition) is 3. The van der Waals surface area contributed by atoms with Gasteiger partial charge >= 0.3 is 0 Å². The third-order valence-electron chi connectivity index (χ3n) is 2.08. The number of carbonyl (C=O) groups excluding carboxylic acids is 1. The van der Waals surface area contributed by atoms with Gasteiger partial charge in [-0.3, -0.25) is 4.79 Å². The Bertz CT molecular complexity index is 184. The second-order valence-electron chi connectivity index (χ2n) is 2.97. The maximum atomic E-state index is 9.94. The highest BCUT2D eigenvalue weighted by atomic mass is 16.7. The van der Waals surface area contributed by atoms with Gasteiger partial charge < -0.3 is 24.8 Å². The number of aliphatic hydroxyl groups excluding tert-OH is 3. The molecule has 0 spiro atoms. The molecule has 2 unspecified atom stereocenters. The summed E-state index contributed by atoms with van der Waals surface area (Å²) in [5, 5.41) is 27.8. The van der Waals surface area contributed by atoms with Crippen LogP contribution in [-0.2, 0) is 14.3 Å². The molecule has 1 saturated heterocycles. The Morgan fingerprint density at radius 3 is 2.46 bits per heavy atom. The molecule has 0 bridgehead atoms. The van der Waals surface area contributed by atoms with Crippen LogP contribution in [0.25, 0.3) is 0 Å². The van der Waals surface area contributed by atoms with Crippen LogP contribution in [-0.4, -0.2) is 46.6 Å². The van der Waals surface area contributed by atoms with E-state index >= 15 is 0 Å². The zero-order valence-corrected chi connectivity index (χ0v) is 7.03. The molecule has 0 radical (unpaired) electrons. The van der Waals surface area contributed by atoms with Crippen LogP contribution in [0.4, 0.5) is 0 Å². The van der Waals surface area contributed by atoms with Crippen LogP contribution in [0.3, 0.4) is 0 Å². The second kappa shape index (κ2) is 4.01. The maximum Gasteiger partial charge on any atom is 0.295 e. The summed E-state index contributed by atoms with van der Waals surface area (Å²) in [6, 6.07) is 0. The van der Waals surface area contributed by atoms with Crippen molar-refractivity contribution < 1.29 is 29.6 Å². The predicted octanol–water partition coefficient (Wildman–Crippen LogP) is -1.81. The van der Waals surface area contributed by atoms with E-state index in [1.165, 1.54) is 6.92 Å². The molecule has 76 valence electrons. The lowest BCUT2D eigenvalue weighted by Crippen LogP contribution is -2.54. The van der Waals surface area contributed by atoms with Gasteiger partial charge in [-0.05, 0) is 0 Å². The second-order valence-corrected chi connectivity index (χ2v) is 2.97. The van der Waals surface area contributed by atoms with Crippen molar-refractivity contribution in [1.82, 2.24) is 0 Å². The molecule has 1 rings (SSSR count). The number of hydrogen-bond acceptors (Lipinski definition) is 6. The quantitative estimate of drug-likeness (QED) is 0.446. The summed E-state index contributed by atoms with van der Waals surface area (Å²) in [5.41, 5.74) is 0. The highest BCUT2D eigenvalue weighted by Gasteiger charge is 2.42. The van der Waals surface area contributed by atoms with Crippen molar-refractivity contribution in [3.63, 3.8) is 0 Å². The van der Waals surface area contributed by atoms with E-state index in [4.69, 9.17) is 4.74 Å². The molecule has 6 nitrogen and oxygen atoms in total. The number of carbonyl (C=O) groups is 1. The molecule has 0 aromatic rings. The highest BCUT2D eigenvalue weighted by Crippen LogP contribution is 2.24. The van der Waals surface area contributed by atoms with Gasteiger partial charge in [-0.2, -0.15) is 0 Å². The lowest BCUT2D eigenvalue weighted by atomic mass is 9.96. The van der Waals surface area contributed by atoms with Crippen LogP contribution in [0.5, 0.6) is 0 Å². The van der Waals surface area contributed by atoms with Crippen molar-refractivity contribution in [3.05, 3.63) is 0 Å². The molecule has 1 aliphatic rings. The van der Waals surface area contributed by atoms with Crippen molar-refractivity contribution in [2.45, 2.75) is 31.7 Å². The summed E-state index contributed by atoms with van der Waals surface area (Å²) in [4.78, 5) is 9.94. The van der Waals surface area contributed by atoms with E-state index in [2.05, 4.69) is 4.74 Å². The third kappa shape index (κ3) is 1.97. The summed E-state index contributed by atoms with van der Waals surface area (Å²) in [7, 11) is 0. The van der Waals surface area contributed by atoms with E-state index in [1.807, 2.05) is 0 Å². The summed E-state index contributed by atoms with van der Waals surface area (Å²) in [5.74, 6) is -0.624. The Morgan fingerprint density at radius 2 is 1.92 bits per heavy atom. The number of rotatable bonds is 2. The summed E-state index contributed by atoms with van der Waals surface area (Å²) >= 11 is 0. The first-order chi connectivity index (χ1) is 6.07. The standard InChI is InChI=1S/C7H12O6/c1-3-4(9)5(10)7(12-2-8)13-6(3)11/h2-7,9-11H,1H3/t3?,4-,5-,6+,7?/m0/s1. The Morgan fingerprint density at radius 1 is 1.31 bits per heavy atom. The van der Waals surface area contributed by atoms with Crippen LogP contribution in [0, 0.1) is 5.92 Å². The van der Waals surface area contributed by atoms with E-state index in [9.17, 15) is 20.1 Å². The molecule has 3 N–H and O–H groups in total. The minimum absolute atomic E-state index is 0.0866. The summed E-state index contributed by atoms with van der Waals surface area (Å²) < 4.78 is 9.03. The van der Waals surface area contributed by atoms with Crippen molar-refractivity contribution in [2.24, 2.45) is 5.92 Å². The Labute approximate surface area is 74.7 Å². The lowest BCUT2D eigenvalue weighted by molar-refractivity contribution is -0.314. The van der Waals surface area contributed by atoms with E-state index in [0.29, 0.717) is 0 Å². The van der Waals surface area contributed by atoms with Crippen LogP contribution in [0.15, 0.2) is 0 Å². The molecule has 0 saturated carbocycles. The van der Waals surface area contributed by atoms with Gasteiger partial charge in [0.25, 0.3) is 6.47 Å². The Kier molecular flexibility index (Phi) is 3.21. The molecular weight excluding hydrogens is 180 g/mol. The molecule has 13 heavy (non-hydrogen) atoms. The molecule has 0 aromatic carbocycles. The largest absolute Gasteiger partial charge is 0.435 e. The fourth-order valence-electron chi connectivity index (χ4n) is 1.15. The fraction of sp³-hybridized carbons (Fsp3) is 0.857. The van der Waals surface area contributed by atoms with Crippen molar-refractivity contribution in [2.75, 3.05) is 0 Å². The van der Waals surface area contributed by atoms with Gasteiger partial charge in [-0.1, -0.05) is 6.92 Å². The van der Waals surface area contributed by atoms with Crippen molar-refractivity contribution >= 4 is 6.47 Å². The SMILES string of the molecule is CC1[C@H](O)OC(OC=O)[C@@H](O)[C@H]1O. The number of aliphatic hydroxyl groups is 3. The zero-order valence-electron chi connectivity index (χ0n) is 7.03. The third-order valence-corrected chi connectivity index (χ3v) is 2.08. The zero-order chi connectivity index (χ0) is 10.0. The summed E-state index contributed by atoms with van der Waals surface area (Å²) in [6.45, 7) is 1.60. The Hall–Kier alpha value is -0.690. The predicted molar refractivity (Wildman–Crippen MR) is 39.2 cm³/mol. The van der Waals surface area contributed by atoms with Gasteiger partial charge in [0.2, 0.25) is 6.29 Å². The molecule has 5 atom stereocenters. The van der Waals surface area contributed by atoms with E-state index < -0.39 is 30.7 Å². The van der Waals surface area contributed by atoms with E-state index in [0.717, 1.165) is 0 Å². The van der Waals surface area contributed by atoms with Gasteiger partial charge in [0.1, 0.15) is 6.10 Å². The first-order valence-corrected chi connectivity index (χ1v) is 3.86. The van der Waals surface area contributed by atoms with Crippen molar-refractivity contribution in [3.8, 4) is 0 Å². The lowest BCUT2D eigenvalue weighted by Gasteiger charge is -2.37. The van der Waals surface area contributed by atoms with Gasteiger partial charge in [-0.25, -0.2) is 0 Å². The molecule has 0 amide bonds. The normalized spacial score (nSPS) is 45.7. The average Bonchev–Trinajstić information content (AvgIpc) is 2.11. The van der Waals surface area contributed by atoms with Crippen LogP contribution < -0.4 is 0 Å². The van der Waals surface area contributed by atoms with Crippen molar-refractivity contribution in [1.29, 1.82) is 0 Å². The average molecular weight is 192 g/mol. The molecule has 1 aliphatic heterocycles. The molecule has 6 heteroatoms. The number of ether oxygens (including phenoxy) is 2. The molecular formula is C7H12O6.